The van der Waals surface area contributed by atoms with Crippen LogP contribution in [0.2, 0.25) is 0 Å². The van der Waals surface area contributed by atoms with Gasteiger partial charge in [-0.05, 0) is 32.1 Å². The minimum Gasteiger partial charge on any atom is -0.311 e. The predicted octanol–water partition coefficient (Wildman–Crippen LogP) is 3.84. The fourth-order valence-corrected chi connectivity index (χ4v) is 4.99. The van der Waals surface area contributed by atoms with E-state index in [1.165, 1.54) is 43.7 Å². The Bertz CT molecular complexity index is 414. The first kappa shape index (κ1) is 15.4. The predicted molar refractivity (Wildman–Crippen MR) is 89.7 cm³/mol. The monoisotopic (exact) mass is 307 g/mol. The third-order valence-corrected chi connectivity index (χ3v) is 6.27. The molecule has 2 heterocycles. The van der Waals surface area contributed by atoms with Crippen LogP contribution >= 0.6 is 11.3 Å². The summed E-state index contributed by atoms with van der Waals surface area (Å²) in [5.74, 6) is 0.891. The Labute approximate surface area is 133 Å². The molecule has 1 aliphatic heterocycles. The summed E-state index contributed by atoms with van der Waals surface area (Å²) in [4.78, 5) is 7.31. The summed E-state index contributed by atoms with van der Waals surface area (Å²) in [6, 6.07) is 1.81. The quantitative estimate of drug-likeness (QED) is 0.916. The molecule has 0 spiro atoms. The molecule has 3 atom stereocenters. The van der Waals surface area contributed by atoms with Crippen molar-refractivity contribution in [2.45, 2.75) is 70.5 Å². The van der Waals surface area contributed by atoms with Crippen LogP contribution in [0.15, 0.2) is 11.6 Å². The van der Waals surface area contributed by atoms with Gasteiger partial charge in [-0.25, -0.2) is 4.98 Å². The fourth-order valence-electron chi connectivity index (χ4n) is 4.15. The van der Waals surface area contributed by atoms with Crippen LogP contribution in [-0.4, -0.2) is 35.1 Å². The van der Waals surface area contributed by atoms with Crippen LogP contribution in [0.1, 0.15) is 63.4 Å². The van der Waals surface area contributed by atoms with Gasteiger partial charge in [-0.3, -0.25) is 4.90 Å². The van der Waals surface area contributed by atoms with Gasteiger partial charge in [-0.2, -0.15) is 0 Å². The molecular formula is C17H29N3S. The minimum atomic E-state index is 0.508. The molecule has 2 fully saturated rings. The number of nitrogens with one attached hydrogen (secondary N) is 1. The molecule has 118 valence electrons. The van der Waals surface area contributed by atoms with Crippen molar-refractivity contribution in [1.82, 2.24) is 15.2 Å². The zero-order valence-electron chi connectivity index (χ0n) is 13.4. The summed E-state index contributed by atoms with van der Waals surface area (Å²) in [6.07, 6.45) is 10.3. The molecule has 1 saturated heterocycles. The highest BCUT2D eigenvalue weighted by molar-refractivity contribution is 7.09. The van der Waals surface area contributed by atoms with E-state index in [1.54, 1.807) is 0 Å². The zero-order valence-corrected chi connectivity index (χ0v) is 14.2. The third-order valence-electron chi connectivity index (χ3n) is 5.39. The SMILES string of the molecule is CCC(c1nccs1)N1CC(C2CCCCC2)NCC1C. The maximum Gasteiger partial charge on any atom is 0.110 e. The van der Waals surface area contributed by atoms with Crippen molar-refractivity contribution in [3.8, 4) is 0 Å². The highest BCUT2D eigenvalue weighted by atomic mass is 32.1. The number of hydrogen-bond acceptors (Lipinski definition) is 4. The molecule has 1 aromatic heterocycles. The number of aromatic nitrogens is 1. The summed E-state index contributed by atoms with van der Waals surface area (Å²) in [6.45, 7) is 6.99. The number of hydrogen-bond donors (Lipinski definition) is 1. The first-order chi connectivity index (χ1) is 10.3. The molecule has 2 aliphatic rings. The van der Waals surface area contributed by atoms with Gasteiger partial charge in [0.2, 0.25) is 0 Å². The first-order valence-electron chi connectivity index (χ1n) is 8.68. The second-order valence-corrected chi connectivity index (χ2v) is 7.68. The normalized spacial score (nSPS) is 30.4. The standard InChI is InChI=1S/C17H29N3S/c1-3-16(17-18-9-10-21-17)20-12-15(19-11-13(20)2)14-7-5-4-6-8-14/h9-10,13-16,19H,3-8,11-12H2,1-2H3. The van der Waals surface area contributed by atoms with Crippen LogP contribution in [0.4, 0.5) is 0 Å². The minimum absolute atomic E-state index is 0.508. The molecule has 21 heavy (non-hydrogen) atoms. The number of nitrogens with zero attached hydrogens (tertiary/aromatic N) is 2. The Kier molecular flexibility index (Phi) is 5.30. The van der Waals surface area contributed by atoms with Gasteiger partial charge < -0.3 is 5.32 Å². The summed E-state index contributed by atoms with van der Waals surface area (Å²) >= 11 is 1.81. The molecule has 0 bridgehead atoms. The Hall–Kier alpha value is -0.450. The summed E-state index contributed by atoms with van der Waals surface area (Å²) in [5, 5.41) is 7.25. The highest BCUT2D eigenvalue weighted by Crippen LogP contribution is 2.33. The molecule has 1 aliphatic carbocycles. The molecule has 3 rings (SSSR count). The van der Waals surface area contributed by atoms with Gasteiger partial charge in [-0.15, -0.1) is 11.3 Å². The van der Waals surface area contributed by atoms with Crippen molar-refractivity contribution >= 4 is 11.3 Å². The van der Waals surface area contributed by atoms with Crippen LogP contribution in [-0.2, 0) is 0 Å². The van der Waals surface area contributed by atoms with E-state index >= 15 is 0 Å². The lowest BCUT2D eigenvalue weighted by Gasteiger charge is -2.45. The number of rotatable bonds is 4. The van der Waals surface area contributed by atoms with Crippen molar-refractivity contribution in [2.24, 2.45) is 5.92 Å². The van der Waals surface area contributed by atoms with Crippen LogP contribution in [0.5, 0.6) is 0 Å². The molecule has 1 saturated carbocycles. The maximum absolute atomic E-state index is 4.59. The van der Waals surface area contributed by atoms with Crippen molar-refractivity contribution in [1.29, 1.82) is 0 Å². The fraction of sp³-hybridized carbons (Fsp3) is 0.824. The summed E-state index contributed by atoms with van der Waals surface area (Å²) in [7, 11) is 0. The van der Waals surface area contributed by atoms with Gasteiger partial charge in [0.25, 0.3) is 0 Å². The van der Waals surface area contributed by atoms with Gasteiger partial charge in [0.1, 0.15) is 5.01 Å². The molecule has 0 aromatic carbocycles. The average molecular weight is 308 g/mol. The topological polar surface area (TPSA) is 28.2 Å². The highest BCUT2D eigenvalue weighted by Gasteiger charge is 2.35. The molecular weight excluding hydrogens is 278 g/mol. The van der Waals surface area contributed by atoms with Crippen LogP contribution in [0.25, 0.3) is 0 Å². The maximum atomic E-state index is 4.59. The molecule has 1 aromatic rings. The van der Waals surface area contributed by atoms with E-state index < -0.39 is 0 Å². The van der Waals surface area contributed by atoms with Gasteiger partial charge in [0.15, 0.2) is 0 Å². The molecule has 4 heteroatoms. The Morgan fingerprint density at radius 3 is 2.86 bits per heavy atom. The molecule has 1 N–H and O–H groups in total. The lowest BCUT2D eigenvalue weighted by molar-refractivity contribution is 0.0632. The second kappa shape index (κ2) is 7.21. The van der Waals surface area contributed by atoms with Crippen molar-refractivity contribution in [3.63, 3.8) is 0 Å². The van der Waals surface area contributed by atoms with E-state index in [0.717, 1.165) is 18.9 Å². The second-order valence-electron chi connectivity index (χ2n) is 6.75. The number of piperazine rings is 1. The lowest BCUT2D eigenvalue weighted by Crippen LogP contribution is -2.58. The zero-order chi connectivity index (χ0) is 14.7. The lowest BCUT2D eigenvalue weighted by atomic mass is 9.82. The molecule has 3 nitrogen and oxygen atoms in total. The molecule has 3 unspecified atom stereocenters. The first-order valence-corrected chi connectivity index (χ1v) is 9.56. The van der Waals surface area contributed by atoms with Crippen LogP contribution < -0.4 is 5.32 Å². The third kappa shape index (κ3) is 3.49. The number of thiazole rings is 1. The molecule has 0 radical (unpaired) electrons. The molecule has 0 amide bonds. The average Bonchev–Trinajstić information content (AvgIpc) is 3.05. The van der Waals surface area contributed by atoms with Crippen molar-refractivity contribution < 1.29 is 0 Å². The van der Waals surface area contributed by atoms with E-state index in [1.807, 2.05) is 17.5 Å². The smallest absolute Gasteiger partial charge is 0.110 e. The van der Waals surface area contributed by atoms with Gasteiger partial charge in [-0.1, -0.05) is 26.2 Å². The van der Waals surface area contributed by atoms with Crippen molar-refractivity contribution in [2.75, 3.05) is 13.1 Å². The van der Waals surface area contributed by atoms with Crippen LogP contribution in [0.3, 0.4) is 0 Å². The van der Waals surface area contributed by atoms with Gasteiger partial charge in [0, 0.05) is 36.8 Å². The van der Waals surface area contributed by atoms with Crippen molar-refractivity contribution in [3.05, 3.63) is 16.6 Å². The summed E-state index contributed by atoms with van der Waals surface area (Å²) < 4.78 is 0. The van der Waals surface area contributed by atoms with Gasteiger partial charge in [0.05, 0.1) is 6.04 Å². The summed E-state index contributed by atoms with van der Waals surface area (Å²) in [5.41, 5.74) is 0. The Morgan fingerprint density at radius 1 is 1.38 bits per heavy atom. The van der Waals surface area contributed by atoms with Crippen LogP contribution in [0, 0.1) is 5.92 Å². The van der Waals surface area contributed by atoms with E-state index in [4.69, 9.17) is 0 Å². The Balaban J connectivity index is 1.70. The van der Waals surface area contributed by atoms with E-state index in [-0.39, 0.29) is 0 Å². The van der Waals surface area contributed by atoms with E-state index in [9.17, 15) is 0 Å². The van der Waals surface area contributed by atoms with Gasteiger partial charge >= 0.3 is 0 Å². The van der Waals surface area contributed by atoms with E-state index in [0.29, 0.717) is 18.1 Å². The van der Waals surface area contributed by atoms with E-state index in [2.05, 4.69) is 34.4 Å². The Morgan fingerprint density at radius 2 is 2.19 bits per heavy atom. The largest absolute Gasteiger partial charge is 0.311 e.